The van der Waals surface area contributed by atoms with Crippen LogP contribution < -0.4 is 14.2 Å². The number of nitrogens with zero attached hydrogens (tertiary/aromatic N) is 3. The Kier molecular flexibility index (Phi) is 7.45. The van der Waals surface area contributed by atoms with Gasteiger partial charge in [-0.2, -0.15) is 10.2 Å². The normalized spacial score (nSPS) is 10.5. The Balaban J connectivity index is 1.40. The van der Waals surface area contributed by atoms with Crippen LogP contribution in [0.1, 0.15) is 21.5 Å². The second-order valence-corrected chi connectivity index (χ2v) is 7.58. The quantitative estimate of drug-likeness (QED) is 0.323. The molecule has 172 valence electrons. The van der Waals surface area contributed by atoms with Crippen LogP contribution in [0.25, 0.3) is 11.3 Å². The Morgan fingerprint density at radius 2 is 1.71 bits per heavy atom. The molecule has 0 radical (unpaired) electrons. The van der Waals surface area contributed by atoms with Gasteiger partial charge in [0.25, 0.3) is 0 Å². The minimum absolute atomic E-state index is 0.00717. The van der Waals surface area contributed by atoms with E-state index in [1.165, 1.54) is 12.4 Å². The van der Waals surface area contributed by atoms with Crippen LogP contribution in [0.3, 0.4) is 0 Å². The first kappa shape index (κ1) is 22.9. The fourth-order valence-corrected chi connectivity index (χ4v) is 3.55. The summed E-state index contributed by atoms with van der Waals surface area (Å²) in [5, 5.41) is 7.49. The number of ketones is 1. The van der Waals surface area contributed by atoms with E-state index in [9.17, 15) is 4.79 Å². The summed E-state index contributed by atoms with van der Waals surface area (Å²) in [6.45, 7) is 0.473. The third kappa shape index (κ3) is 5.75. The van der Waals surface area contributed by atoms with Crippen molar-refractivity contribution in [2.24, 2.45) is 0 Å². The Bertz CT molecular complexity index is 1260. The van der Waals surface area contributed by atoms with E-state index in [1.54, 1.807) is 20.3 Å². The van der Waals surface area contributed by atoms with Gasteiger partial charge < -0.3 is 14.2 Å². The Morgan fingerprint density at radius 1 is 0.853 bits per heavy atom. The van der Waals surface area contributed by atoms with Crippen molar-refractivity contribution < 1.29 is 19.0 Å². The number of carbonyl (C=O) groups excluding carboxylic acids is 1. The number of rotatable bonds is 10. The van der Waals surface area contributed by atoms with Gasteiger partial charge >= 0.3 is 0 Å². The molecular formula is C27H25N3O4. The van der Waals surface area contributed by atoms with Gasteiger partial charge in [-0.05, 0) is 41.5 Å². The van der Waals surface area contributed by atoms with Crippen LogP contribution in [-0.4, -0.2) is 41.8 Å². The number of benzene rings is 2. The third-order valence-electron chi connectivity index (χ3n) is 5.31. The highest BCUT2D eigenvalue weighted by Gasteiger charge is 2.10. The lowest BCUT2D eigenvalue weighted by Crippen LogP contribution is -2.05. The lowest BCUT2D eigenvalue weighted by atomic mass is 10.0. The predicted molar refractivity (Wildman–Crippen MR) is 128 cm³/mol. The van der Waals surface area contributed by atoms with Crippen LogP contribution in [0.2, 0.25) is 0 Å². The average molecular weight is 456 g/mol. The summed E-state index contributed by atoms with van der Waals surface area (Å²) < 4.78 is 16.5. The highest BCUT2D eigenvalue weighted by atomic mass is 16.5. The van der Waals surface area contributed by atoms with E-state index in [0.717, 1.165) is 22.4 Å². The van der Waals surface area contributed by atoms with E-state index in [-0.39, 0.29) is 12.2 Å². The topological polar surface area (TPSA) is 83.4 Å². The molecule has 0 unspecified atom stereocenters. The molecule has 0 fully saturated rings. The van der Waals surface area contributed by atoms with E-state index >= 15 is 0 Å². The highest BCUT2D eigenvalue weighted by molar-refractivity contribution is 5.97. The molecule has 0 bridgehead atoms. The van der Waals surface area contributed by atoms with Crippen LogP contribution in [-0.2, 0) is 12.8 Å². The number of aromatic nitrogens is 3. The third-order valence-corrected chi connectivity index (χ3v) is 5.31. The van der Waals surface area contributed by atoms with E-state index in [4.69, 9.17) is 14.2 Å². The van der Waals surface area contributed by atoms with Gasteiger partial charge in [-0.1, -0.05) is 30.3 Å². The summed E-state index contributed by atoms with van der Waals surface area (Å²) in [7, 11) is 3.24. The van der Waals surface area contributed by atoms with Gasteiger partial charge in [0.1, 0.15) is 0 Å². The fourth-order valence-electron chi connectivity index (χ4n) is 3.55. The van der Waals surface area contributed by atoms with Gasteiger partial charge in [0, 0.05) is 30.0 Å². The SMILES string of the molecule is COc1ccc(CCOc2cccc(-c3cccc(CC(=O)c4ccnnc4)c3)n2)cc1OC. The molecule has 2 aromatic heterocycles. The molecule has 2 heterocycles. The molecule has 7 nitrogen and oxygen atoms in total. The first-order chi connectivity index (χ1) is 16.7. The number of hydrogen-bond acceptors (Lipinski definition) is 7. The molecule has 0 saturated carbocycles. The molecule has 4 aromatic rings. The standard InChI is InChI=1S/C27H25N3O4/c1-32-25-10-9-19(17-26(25)33-2)12-14-34-27-8-4-7-23(30-27)21-6-3-5-20(15-21)16-24(31)22-11-13-28-29-18-22/h3-11,13,15,17-18H,12,14,16H2,1-2H3. The molecule has 0 atom stereocenters. The number of carbonyl (C=O) groups is 1. The Morgan fingerprint density at radius 3 is 2.50 bits per heavy atom. The lowest BCUT2D eigenvalue weighted by molar-refractivity contribution is 0.0992. The smallest absolute Gasteiger partial charge is 0.213 e. The zero-order valence-corrected chi connectivity index (χ0v) is 19.1. The van der Waals surface area contributed by atoms with Gasteiger partial charge in [0.05, 0.1) is 38.9 Å². The van der Waals surface area contributed by atoms with Gasteiger partial charge in [-0.15, -0.1) is 0 Å². The summed E-state index contributed by atoms with van der Waals surface area (Å²) in [5.74, 6) is 1.93. The number of pyridine rings is 1. The molecule has 0 N–H and O–H groups in total. The molecular weight excluding hydrogens is 430 g/mol. The molecule has 0 saturated heterocycles. The maximum absolute atomic E-state index is 12.5. The van der Waals surface area contributed by atoms with E-state index in [0.29, 0.717) is 36.0 Å². The molecule has 2 aromatic carbocycles. The fraction of sp³-hybridized carbons (Fsp3) is 0.185. The summed E-state index contributed by atoms with van der Waals surface area (Å²) in [4.78, 5) is 17.2. The van der Waals surface area contributed by atoms with Crippen molar-refractivity contribution in [3.8, 4) is 28.6 Å². The molecule has 7 heteroatoms. The van der Waals surface area contributed by atoms with E-state index in [2.05, 4.69) is 15.2 Å². The van der Waals surface area contributed by atoms with Crippen molar-refractivity contribution in [2.45, 2.75) is 12.8 Å². The molecule has 0 aliphatic carbocycles. The monoisotopic (exact) mass is 455 g/mol. The first-order valence-electron chi connectivity index (χ1n) is 10.9. The predicted octanol–water partition coefficient (Wildman–Crippen LogP) is 4.60. The van der Waals surface area contributed by atoms with Crippen molar-refractivity contribution in [1.29, 1.82) is 0 Å². The van der Waals surface area contributed by atoms with Crippen LogP contribution in [0.15, 0.2) is 79.1 Å². The lowest BCUT2D eigenvalue weighted by Gasteiger charge is -2.11. The van der Waals surface area contributed by atoms with Crippen molar-refractivity contribution in [2.75, 3.05) is 20.8 Å². The Hall–Kier alpha value is -4.26. The molecule has 0 aliphatic rings. The summed E-state index contributed by atoms with van der Waals surface area (Å²) in [6.07, 6.45) is 3.98. The van der Waals surface area contributed by atoms with Crippen LogP contribution in [0.4, 0.5) is 0 Å². The maximum atomic E-state index is 12.5. The average Bonchev–Trinajstić information content (AvgIpc) is 2.89. The van der Waals surface area contributed by atoms with Crippen molar-refractivity contribution in [3.63, 3.8) is 0 Å². The zero-order valence-electron chi connectivity index (χ0n) is 19.1. The van der Waals surface area contributed by atoms with Gasteiger partial charge in [-0.25, -0.2) is 4.98 Å². The summed E-state index contributed by atoms with van der Waals surface area (Å²) >= 11 is 0. The van der Waals surface area contributed by atoms with Crippen LogP contribution >= 0.6 is 0 Å². The van der Waals surface area contributed by atoms with E-state index < -0.39 is 0 Å². The maximum Gasteiger partial charge on any atom is 0.213 e. The minimum Gasteiger partial charge on any atom is -0.493 e. The van der Waals surface area contributed by atoms with Crippen LogP contribution in [0.5, 0.6) is 17.4 Å². The van der Waals surface area contributed by atoms with E-state index in [1.807, 2.05) is 60.7 Å². The molecule has 0 spiro atoms. The van der Waals surface area contributed by atoms with Crippen molar-refractivity contribution in [3.05, 3.63) is 95.8 Å². The van der Waals surface area contributed by atoms with Gasteiger partial charge in [0.15, 0.2) is 17.3 Å². The number of methoxy groups -OCH3 is 2. The van der Waals surface area contributed by atoms with Gasteiger partial charge in [0.2, 0.25) is 5.88 Å². The van der Waals surface area contributed by atoms with Crippen LogP contribution in [0, 0.1) is 0 Å². The highest BCUT2D eigenvalue weighted by Crippen LogP contribution is 2.28. The second kappa shape index (κ2) is 11.0. The molecule has 0 amide bonds. The number of hydrogen-bond donors (Lipinski definition) is 0. The second-order valence-electron chi connectivity index (χ2n) is 7.58. The largest absolute Gasteiger partial charge is 0.493 e. The molecule has 34 heavy (non-hydrogen) atoms. The minimum atomic E-state index is -0.00717. The van der Waals surface area contributed by atoms with Gasteiger partial charge in [-0.3, -0.25) is 4.79 Å². The molecule has 4 rings (SSSR count). The molecule has 0 aliphatic heterocycles. The summed E-state index contributed by atoms with van der Waals surface area (Å²) in [5.41, 5.74) is 4.23. The first-order valence-corrected chi connectivity index (χ1v) is 10.9. The summed E-state index contributed by atoms with van der Waals surface area (Å²) in [6, 6.07) is 21.0. The van der Waals surface area contributed by atoms with Crippen molar-refractivity contribution >= 4 is 5.78 Å². The Labute approximate surface area is 198 Å². The number of ether oxygens (including phenoxy) is 3. The zero-order chi connectivity index (χ0) is 23.8. The number of Topliss-reactive ketones (excluding diaryl/α,β-unsaturated/α-hetero) is 1. The van der Waals surface area contributed by atoms with Crippen molar-refractivity contribution in [1.82, 2.24) is 15.2 Å².